The number of nitrogens with two attached hydrogens (primary N) is 1. The average Bonchev–Trinajstić information content (AvgIpc) is 3.35. The van der Waals surface area contributed by atoms with Gasteiger partial charge in [0.25, 0.3) is 11.8 Å². The molecule has 3 heterocycles. The van der Waals surface area contributed by atoms with Gasteiger partial charge in [0, 0.05) is 5.56 Å². The van der Waals surface area contributed by atoms with Crippen LogP contribution in [0.15, 0.2) is 28.9 Å². The van der Waals surface area contributed by atoms with E-state index in [0.29, 0.717) is 5.69 Å². The van der Waals surface area contributed by atoms with E-state index in [1.165, 1.54) is 12.4 Å². The highest BCUT2D eigenvalue weighted by Crippen LogP contribution is 2.27. The van der Waals surface area contributed by atoms with E-state index in [4.69, 9.17) is 5.73 Å². The van der Waals surface area contributed by atoms with E-state index in [1.54, 1.807) is 0 Å². The van der Waals surface area contributed by atoms with Crippen molar-refractivity contribution >= 4 is 5.69 Å². The number of hydrogen-bond acceptors (Lipinski definition) is 9. The van der Waals surface area contributed by atoms with E-state index >= 15 is 0 Å². The molecule has 0 aliphatic heterocycles. The molecule has 2 N–H and O–H groups in total. The lowest BCUT2D eigenvalue weighted by molar-refractivity contribution is 0.116. The third kappa shape index (κ3) is 3.71. The van der Waals surface area contributed by atoms with Crippen LogP contribution < -0.4 is 5.73 Å². The normalized spacial score (nSPS) is 11.3. The highest BCUT2D eigenvalue weighted by molar-refractivity contribution is 5.54. The Morgan fingerprint density at radius 3 is 2.45 bits per heavy atom. The van der Waals surface area contributed by atoms with Gasteiger partial charge >= 0.3 is 6.43 Å². The molecular formula is C15H9F4N9O. The SMILES string of the molecule is Nc1cnc(-c2nnn(Cc3cc(F)c(-c4nnc(C(F)F)o4)cc3F)n2)nc1. The first kappa shape index (κ1) is 18.4. The molecule has 148 valence electrons. The topological polar surface area (TPSA) is 134 Å². The molecule has 0 bridgehead atoms. The molecule has 0 amide bonds. The maximum Gasteiger partial charge on any atom is 0.314 e. The van der Waals surface area contributed by atoms with E-state index in [1.807, 2.05) is 0 Å². The summed E-state index contributed by atoms with van der Waals surface area (Å²) in [6, 6.07) is 1.61. The maximum atomic E-state index is 14.4. The van der Waals surface area contributed by atoms with Crippen LogP contribution >= 0.6 is 0 Å². The fraction of sp³-hybridized carbons (Fsp3) is 0.133. The number of aromatic nitrogens is 8. The molecule has 0 unspecified atom stereocenters. The summed E-state index contributed by atoms with van der Waals surface area (Å²) in [4.78, 5) is 8.88. The van der Waals surface area contributed by atoms with Gasteiger partial charge < -0.3 is 10.2 Å². The summed E-state index contributed by atoms with van der Waals surface area (Å²) < 4.78 is 58.5. The van der Waals surface area contributed by atoms with Crippen molar-refractivity contribution in [2.24, 2.45) is 0 Å². The Morgan fingerprint density at radius 1 is 1.00 bits per heavy atom. The molecule has 0 aliphatic carbocycles. The van der Waals surface area contributed by atoms with Crippen molar-refractivity contribution in [1.82, 2.24) is 40.4 Å². The Bertz CT molecular complexity index is 1160. The molecule has 0 saturated carbocycles. The monoisotopic (exact) mass is 407 g/mol. The smallest absolute Gasteiger partial charge is 0.314 e. The van der Waals surface area contributed by atoms with Crippen LogP contribution in [0.2, 0.25) is 0 Å². The Balaban J connectivity index is 1.58. The summed E-state index contributed by atoms with van der Waals surface area (Å²) >= 11 is 0. The van der Waals surface area contributed by atoms with Gasteiger partial charge in [-0.3, -0.25) is 0 Å². The molecule has 14 heteroatoms. The molecule has 0 radical (unpaired) electrons. The fourth-order valence-electron chi connectivity index (χ4n) is 2.31. The van der Waals surface area contributed by atoms with Crippen LogP contribution in [0.1, 0.15) is 17.9 Å². The summed E-state index contributed by atoms with van der Waals surface area (Å²) in [7, 11) is 0. The molecule has 10 nitrogen and oxygen atoms in total. The van der Waals surface area contributed by atoms with Gasteiger partial charge in [-0.15, -0.1) is 20.4 Å². The Kier molecular flexibility index (Phi) is 4.58. The Labute approximate surface area is 158 Å². The van der Waals surface area contributed by atoms with Crippen LogP contribution in [0.25, 0.3) is 23.1 Å². The Morgan fingerprint density at radius 2 is 1.76 bits per heavy atom. The fourth-order valence-corrected chi connectivity index (χ4v) is 2.31. The van der Waals surface area contributed by atoms with Crippen LogP contribution in [0.3, 0.4) is 0 Å². The molecule has 4 aromatic rings. The van der Waals surface area contributed by atoms with Crippen molar-refractivity contribution in [3.05, 3.63) is 47.6 Å². The molecule has 0 aliphatic rings. The quantitative estimate of drug-likeness (QED) is 0.493. The maximum absolute atomic E-state index is 14.4. The number of anilines is 1. The first-order valence-corrected chi connectivity index (χ1v) is 7.86. The molecule has 3 aromatic heterocycles. The summed E-state index contributed by atoms with van der Waals surface area (Å²) in [5.41, 5.74) is 5.27. The highest BCUT2D eigenvalue weighted by Gasteiger charge is 2.21. The lowest BCUT2D eigenvalue weighted by Crippen LogP contribution is -2.07. The van der Waals surface area contributed by atoms with Gasteiger partial charge in [0.1, 0.15) is 11.6 Å². The second-order valence-electron chi connectivity index (χ2n) is 5.65. The van der Waals surface area contributed by atoms with E-state index in [2.05, 4.69) is 40.0 Å². The average molecular weight is 407 g/mol. The first-order chi connectivity index (χ1) is 13.9. The third-order valence-electron chi connectivity index (χ3n) is 3.63. The summed E-state index contributed by atoms with van der Waals surface area (Å²) in [5, 5.41) is 17.9. The van der Waals surface area contributed by atoms with Gasteiger partial charge in [0.2, 0.25) is 11.6 Å². The molecule has 0 saturated heterocycles. The molecule has 0 fully saturated rings. The molecule has 0 spiro atoms. The molecule has 4 rings (SSSR count). The number of nitrogen functional groups attached to an aromatic ring is 1. The van der Waals surface area contributed by atoms with Crippen molar-refractivity contribution in [2.45, 2.75) is 13.0 Å². The van der Waals surface area contributed by atoms with Crippen molar-refractivity contribution in [3.8, 4) is 23.1 Å². The molecule has 0 atom stereocenters. The van der Waals surface area contributed by atoms with Crippen molar-refractivity contribution in [3.63, 3.8) is 0 Å². The largest absolute Gasteiger partial charge is 0.415 e. The standard InChI is InChI=1S/C15H9F4N9O/c16-9-2-8(14-24-25-15(29-14)11(18)19)10(17)1-6(9)5-28-26-13(23-27-28)12-21-3-7(20)4-22-12/h1-4,11H,5,20H2. The number of nitrogens with zero attached hydrogens (tertiary/aromatic N) is 8. The number of halogens is 4. The van der Waals surface area contributed by atoms with E-state index < -0.39 is 35.4 Å². The van der Waals surface area contributed by atoms with Crippen LogP contribution in [-0.2, 0) is 6.54 Å². The van der Waals surface area contributed by atoms with Crippen molar-refractivity contribution in [1.29, 1.82) is 0 Å². The minimum Gasteiger partial charge on any atom is -0.415 e. The lowest BCUT2D eigenvalue weighted by Gasteiger charge is -2.05. The van der Waals surface area contributed by atoms with Crippen LogP contribution in [-0.4, -0.2) is 40.4 Å². The zero-order chi connectivity index (χ0) is 20.5. The number of benzene rings is 1. The van der Waals surface area contributed by atoms with E-state index in [0.717, 1.165) is 16.9 Å². The van der Waals surface area contributed by atoms with Gasteiger partial charge in [0.05, 0.1) is 30.2 Å². The predicted octanol–water partition coefficient (Wildman–Crippen LogP) is 2.03. The minimum absolute atomic E-state index is 0.0629. The molecule has 29 heavy (non-hydrogen) atoms. The predicted molar refractivity (Wildman–Crippen MR) is 87.0 cm³/mol. The van der Waals surface area contributed by atoms with Crippen molar-refractivity contribution < 1.29 is 22.0 Å². The molecule has 1 aromatic carbocycles. The highest BCUT2D eigenvalue weighted by atomic mass is 19.3. The Hall–Kier alpha value is -3.97. The van der Waals surface area contributed by atoms with Gasteiger partial charge in [-0.25, -0.2) is 18.7 Å². The van der Waals surface area contributed by atoms with E-state index in [-0.39, 0.29) is 23.8 Å². The summed E-state index contributed by atoms with van der Waals surface area (Å²) in [6.07, 6.45) is -0.317. The number of alkyl halides is 2. The van der Waals surface area contributed by atoms with Gasteiger partial charge in [-0.1, -0.05) is 0 Å². The lowest BCUT2D eigenvalue weighted by atomic mass is 10.1. The summed E-state index contributed by atoms with van der Waals surface area (Å²) in [6.45, 7) is -0.267. The van der Waals surface area contributed by atoms with E-state index in [9.17, 15) is 17.6 Å². The molecular weight excluding hydrogens is 398 g/mol. The second kappa shape index (κ2) is 7.21. The zero-order valence-corrected chi connectivity index (χ0v) is 14.2. The summed E-state index contributed by atoms with van der Waals surface area (Å²) in [5.74, 6) is -3.15. The van der Waals surface area contributed by atoms with Crippen molar-refractivity contribution in [2.75, 3.05) is 5.73 Å². The second-order valence-corrected chi connectivity index (χ2v) is 5.65. The number of hydrogen-bond donors (Lipinski definition) is 1. The van der Waals surface area contributed by atoms with Crippen LogP contribution in [0.5, 0.6) is 0 Å². The van der Waals surface area contributed by atoms with Gasteiger partial charge in [0.15, 0.2) is 0 Å². The van der Waals surface area contributed by atoms with Crippen LogP contribution in [0.4, 0.5) is 23.2 Å². The zero-order valence-electron chi connectivity index (χ0n) is 14.2. The van der Waals surface area contributed by atoms with Gasteiger partial charge in [-0.2, -0.15) is 13.6 Å². The minimum atomic E-state index is -3.03. The third-order valence-corrected chi connectivity index (χ3v) is 3.63. The van der Waals surface area contributed by atoms with Crippen LogP contribution in [0, 0.1) is 11.6 Å². The number of tetrazole rings is 1. The van der Waals surface area contributed by atoms with Gasteiger partial charge in [-0.05, 0) is 17.3 Å². The first-order valence-electron chi connectivity index (χ1n) is 7.86. The number of rotatable bonds is 5.